The predicted octanol–water partition coefficient (Wildman–Crippen LogP) is 3.31. The number of nitrogens with zero attached hydrogens (tertiary/aromatic N) is 1. The van der Waals surface area contributed by atoms with Gasteiger partial charge in [0, 0.05) is 15.1 Å². The molecule has 7 heteroatoms. The van der Waals surface area contributed by atoms with Crippen LogP contribution in [-0.2, 0) is 10.1 Å². The number of carbonyl (C=O) groups is 1. The Hall–Kier alpha value is -0.310. The molecule has 0 aromatic carbocycles. The fourth-order valence-electron chi connectivity index (χ4n) is 1.11. The molecule has 0 radical (unpaired) electrons. The van der Waals surface area contributed by atoms with Crippen LogP contribution in [0.15, 0.2) is 6.20 Å². The Morgan fingerprint density at radius 2 is 2.31 bits per heavy atom. The molecule has 88 valence electrons. The van der Waals surface area contributed by atoms with Crippen LogP contribution in [0.25, 0.3) is 0 Å². The maximum absolute atomic E-state index is 12.6. The molecule has 0 aliphatic carbocycles. The van der Waals surface area contributed by atoms with E-state index >= 15 is 0 Å². The first-order valence-corrected chi connectivity index (χ1v) is 6.32. The van der Waals surface area contributed by atoms with E-state index in [4.69, 9.17) is 0 Å². The number of halogens is 4. The molecule has 0 bridgehead atoms. The monoisotopic (exact) mass is 405 g/mol. The molecule has 3 nitrogen and oxygen atoms in total. The van der Waals surface area contributed by atoms with Crippen LogP contribution in [0.1, 0.15) is 28.0 Å². The molecular weight excluding hydrogens is 399 g/mol. The molecule has 1 aromatic heterocycles. The molecule has 0 saturated carbocycles. The van der Waals surface area contributed by atoms with Gasteiger partial charge in [-0.25, -0.2) is 13.6 Å². The van der Waals surface area contributed by atoms with E-state index in [1.54, 1.807) is 22.6 Å². The van der Waals surface area contributed by atoms with Crippen LogP contribution in [0.5, 0.6) is 0 Å². The van der Waals surface area contributed by atoms with Crippen LogP contribution >= 0.6 is 38.5 Å². The highest BCUT2D eigenvalue weighted by atomic mass is 127. The first-order chi connectivity index (χ1) is 7.52. The molecule has 16 heavy (non-hydrogen) atoms. The van der Waals surface area contributed by atoms with Gasteiger partial charge in [-0.2, -0.15) is 0 Å². The third-order valence-corrected chi connectivity index (χ3v) is 3.66. The molecule has 0 atom stereocenters. The topological polar surface area (TPSA) is 39.2 Å². The minimum atomic E-state index is -2.66. The van der Waals surface area contributed by atoms with E-state index in [9.17, 15) is 13.6 Å². The number of aromatic nitrogens is 1. The fraction of sp³-hybridized carbons (Fsp3) is 0.333. The Bertz CT molecular complexity index is 415. The fourth-order valence-corrected chi connectivity index (χ4v) is 3.07. The third-order valence-electron chi connectivity index (χ3n) is 1.89. The summed E-state index contributed by atoms with van der Waals surface area (Å²) in [7, 11) is 1.23. The third kappa shape index (κ3) is 2.68. The van der Waals surface area contributed by atoms with Gasteiger partial charge in [0.2, 0.25) is 0 Å². The second-order valence-electron chi connectivity index (χ2n) is 2.78. The number of rotatable bonds is 3. The Morgan fingerprint density at radius 1 is 1.69 bits per heavy atom. The van der Waals surface area contributed by atoms with E-state index in [0.29, 0.717) is 5.56 Å². The van der Waals surface area contributed by atoms with Crippen molar-refractivity contribution in [2.75, 3.05) is 7.11 Å². The van der Waals surface area contributed by atoms with Gasteiger partial charge in [0.05, 0.1) is 12.7 Å². The summed E-state index contributed by atoms with van der Waals surface area (Å²) < 4.78 is 29.9. The van der Waals surface area contributed by atoms with Gasteiger partial charge in [0.15, 0.2) is 0 Å². The van der Waals surface area contributed by atoms with Crippen LogP contribution in [0.3, 0.4) is 0 Å². The van der Waals surface area contributed by atoms with Crippen molar-refractivity contribution >= 4 is 44.5 Å². The second kappa shape index (κ2) is 5.85. The SMILES string of the molecule is COC(=O)c1cnc(C(F)F)c(I)c1CBr. The Labute approximate surface area is 113 Å². The predicted molar refractivity (Wildman–Crippen MR) is 65.9 cm³/mol. The van der Waals surface area contributed by atoms with Gasteiger partial charge in [-0.1, -0.05) is 15.9 Å². The van der Waals surface area contributed by atoms with Gasteiger partial charge in [0.25, 0.3) is 6.43 Å². The summed E-state index contributed by atoms with van der Waals surface area (Å²) in [6.45, 7) is 0. The van der Waals surface area contributed by atoms with E-state index in [1.165, 1.54) is 7.11 Å². The Kier molecular flexibility index (Phi) is 5.03. The largest absolute Gasteiger partial charge is 0.465 e. The van der Waals surface area contributed by atoms with Crippen molar-refractivity contribution in [3.63, 3.8) is 0 Å². The molecule has 0 aliphatic rings. The molecule has 0 unspecified atom stereocenters. The van der Waals surface area contributed by atoms with Gasteiger partial charge >= 0.3 is 5.97 Å². The smallest absolute Gasteiger partial charge is 0.339 e. The number of methoxy groups -OCH3 is 1. The van der Waals surface area contributed by atoms with Crippen molar-refractivity contribution < 1.29 is 18.3 Å². The van der Waals surface area contributed by atoms with Crippen molar-refractivity contribution in [3.05, 3.63) is 26.6 Å². The van der Waals surface area contributed by atoms with Gasteiger partial charge < -0.3 is 4.74 Å². The number of alkyl halides is 3. The summed E-state index contributed by atoms with van der Waals surface area (Å²) in [6, 6.07) is 0. The highest BCUT2D eigenvalue weighted by molar-refractivity contribution is 14.1. The molecule has 0 spiro atoms. The van der Waals surface area contributed by atoms with Crippen molar-refractivity contribution in [3.8, 4) is 0 Å². The van der Waals surface area contributed by atoms with Crippen LogP contribution in [-0.4, -0.2) is 18.1 Å². The summed E-state index contributed by atoms with van der Waals surface area (Å²) >= 11 is 4.91. The molecule has 0 N–H and O–H groups in total. The summed E-state index contributed by atoms with van der Waals surface area (Å²) in [5, 5.41) is 0.290. The molecular formula is C9H7BrF2INO2. The van der Waals surface area contributed by atoms with Crippen molar-refractivity contribution in [1.82, 2.24) is 4.98 Å². The number of pyridine rings is 1. The van der Waals surface area contributed by atoms with Gasteiger partial charge in [-0.15, -0.1) is 0 Å². The Morgan fingerprint density at radius 3 is 2.75 bits per heavy atom. The van der Waals surface area contributed by atoms with Crippen molar-refractivity contribution in [1.29, 1.82) is 0 Å². The summed E-state index contributed by atoms with van der Waals surface area (Å²) in [5.74, 6) is -0.583. The van der Waals surface area contributed by atoms with Crippen LogP contribution in [0, 0.1) is 3.57 Å². The normalized spacial score (nSPS) is 10.6. The molecule has 1 aromatic rings. The maximum Gasteiger partial charge on any atom is 0.339 e. The maximum atomic E-state index is 12.6. The number of ether oxygens (including phenoxy) is 1. The quantitative estimate of drug-likeness (QED) is 0.440. The molecule has 0 fully saturated rings. The highest BCUT2D eigenvalue weighted by Crippen LogP contribution is 2.28. The lowest BCUT2D eigenvalue weighted by molar-refractivity contribution is 0.0598. The lowest BCUT2D eigenvalue weighted by Crippen LogP contribution is -2.10. The van der Waals surface area contributed by atoms with E-state index in [0.717, 1.165) is 6.20 Å². The van der Waals surface area contributed by atoms with Crippen LogP contribution in [0.4, 0.5) is 8.78 Å². The zero-order chi connectivity index (χ0) is 12.3. The Balaban J connectivity index is 3.35. The first-order valence-electron chi connectivity index (χ1n) is 4.12. The summed E-state index contributed by atoms with van der Waals surface area (Å²) in [5.41, 5.74) is 0.355. The minimum absolute atomic E-state index is 0.202. The van der Waals surface area contributed by atoms with E-state index in [1.807, 2.05) is 0 Å². The first kappa shape index (κ1) is 13.8. The average Bonchev–Trinajstić information content (AvgIpc) is 2.26. The van der Waals surface area contributed by atoms with Gasteiger partial charge in [-0.3, -0.25) is 4.98 Å². The van der Waals surface area contributed by atoms with Crippen LogP contribution < -0.4 is 0 Å². The van der Waals surface area contributed by atoms with Gasteiger partial charge in [-0.05, 0) is 28.2 Å². The number of esters is 1. The molecule has 0 amide bonds. The molecule has 1 heterocycles. The van der Waals surface area contributed by atoms with E-state index < -0.39 is 12.4 Å². The summed E-state index contributed by atoms with van der Waals surface area (Å²) in [4.78, 5) is 14.9. The number of hydrogen-bond acceptors (Lipinski definition) is 3. The number of carbonyl (C=O) groups excluding carboxylic acids is 1. The highest BCUT2D eigenvalue weighted by Gasteiger charge is 2.21. The lowest BCUT2D eigenvalue weighted by atomic mass is 10.1. The van der Waals surface area contributed by atoms with Gasteiger partial charge in [0.1, 0.15) is 5.69 Å². The van der Waals surface area contributed by atoms with Crippen LogP contribution in [0.2, 0.25) is 0 Å². The molecule has 1 rings (SSSR count). The van der Waals surface area contributed by atoms with Crippen molar-refractivity contribution in [2.24, 2.45) is 0 Å². The van der Waals surface area contributed by atoms with E-state index in [-0.39, 0.29) is 20.2 Å². The average molecular weight is 406 g/mol. The molecule has 0 saturated heterocycles. The van der Waals surface area contributed by atoms with Crippen molar-refractivity contribution in [2.45, 2.75) is 11.8 Å². The second-order valence-corrected chi connectivity index (χ2v) is 4.42. The number of hydrogen-bond donors (Lipinski definition) is 0. The van der Waals surface area contributed by atoms with E-state index in [2.05, 4.69) is 25.7 Å². The minimum Gasteiger partial charge on any atom is -0.465 e. The lowest BCUT2D eigenvalue weighted by Gasteiger charge is -2.10. The summed E-state index contributed by atoms with van der Waals surface area (Å²) in [6.07, 6.45) is -1.54. The zero-order valence-corrected chi connectivity index (χ0v) is 11.9. The zero-order valence-electron chi connectivity index (χ0n) is 8.14. The molecule has 0 aliphatic heterocycles. The standard InChI is InChI=1S/C9H7BrF2INO2/c1-16-9(15)5-3-14-7(8(11)12)6(13)4(5)2-10/h3,8H,2H2,1H3.